The van der Waals surface area contributed by atoms with Gasteiger partial charge in [0.15, 0.2) is 0 Å². The zero-order valence-electron chi connectivity index (χ0n) is 18.3. The highest BCUT2D eigenvalue weighted by atomic mass is 32.2. The maximum atomic E-state index is 10.1. The molecule has 4 aromatic rings. The molecule has 1 fully saturated rings. The summed E-state index contributed by atoms with van der Waals surface area (Å²) in [5, 5.41) is 1.87. The number of carbonyl (C=O) groups excluding carboxylic acids is 2. The molecule has 168 valence electrons. The average molecular weight is 462 g/mol. The largest absolute Gasteiger partial charge is 0.486 e. The van der Waals surface area contributed by atoms with Gasteiger partial charge in [-0.1, -0.05) is 47.7 Å². The van der Waals surface area contributed by atoms with Crippen LogP contribution in [0.1, 0.15) is 11.4 Å². The van der Waals surface area contributed by atoms with E-state index in [0.717, 1.165) is 45.9 Å². The van der Waals surface area contributed by atoms with Crippen LogP contribution in [0.25, 0.3) is 11.0 Å². The fourth-order valence-electron chi connectivity index (χ4n) is 3.14. The van der Waals surface area contributed by atoms with Crippen molar-refractivity contribution in [3.63, 3.8) is 0 Å². The van der Waals surface area contributed by atoms with Crippen molar-refractivity contribution in [1.82, 2.24) is 14.9 Å². The molecule has 0 unspecified atom stereocenters. The van der Waals surface area contributed by atoms with Crippen molar-refractivity contribution in [2.75, 3.05) is 5.75 Å². The first kappa shape index (κ1) is 22.4. The van der Waals surface area contributed by atoms with Crippen molar-refractivity contribution >= 4 is 33.9 Å². The summed E-state index contributed by atoms with van der Waals surface area (Å²) in [7, 11) is 2.00. The minimum absolute atomic E-state index is 0.185. The van der Waals surface area contributed by atoms with Crippen LogP contribution in [-0.4, -0.2) is 26.5 Å². The number of benzene rings is 3. The predicted molar refractivity (Wildman–Crippen MR) is 129 cm³/mol. The monoisotopic (exact) mass is 461 g/mol. The van der Waals surface area contributed by atoms with Crippen LogP contribution in [0.3, 0.4) is 0 Å². The van der Waals surface area contributed by atoms with Crippen LogP contribution in [0.15, 0.2) is 72.8 Å². The second-order valence-electron chi connectivity index (χ2n) is 7.38. The minimum Gasteiger partial charge on any atom is -0.486 e. The Bertz CT molecular complexity index is 1260. The van der Waals surface area contributed by atoms with Crippen molar-refractivity contribution in [3.05, 3.63) is 84.2 Å². The molecule has 33 heavy (non-hydrogen) atoms. The number of rotatable bonds is 5. The highest BCUT2D eigenvalue weighted by Crippen LogP contribution is 2.26. The van der Waals surface area contributed by atoms with Crippen LogP contribution in [0.2, 0.25) is 0 Å². The zero-order chi connectivity index (χ0) is 23.2. The number of ether oxygens (including phenoxy) is 2. The number of imide groups is 1. The molecule has 0 spiro atoms. The van der Waals surface area contributed by atoms with Crippen LogP contribution in [-0.2, 0) is 18.4 Å². The second kappa shape index (κ2) is 10.2. The van der Waals surface area contributed by atoms with Gasteiger partial charge in [-0.25, -0.2) is 4.98 Å². The molecule has 0 saturated carbocycles. The fraction of sp³-hybridized carbons (Fsp3) is 0.160. The van der Waals surface area contributed by atoms with Gasteiger partial charge < -0.3 is 14.0 Å². The van der Waals surface area contributed by atoms with E-state index in [1.807, 2.05) is 84.4 Å². The van der Waals surface area contributed by atoms with E-state index in [0.29, 0.717) is 12.4 Å². The van der Waals surface area contributed by atoms with Crippen LogP contribution in [0.5, 0.6) is 17.2 Å². The van der Waals surface area contributed by atoms with Crippen LogP contribution in [0.4, 0.5) is 4.79 Å². The van der Waals surface area contributed by atoms with E-state index < -0.39 is 0 Å². The van der Waals surface area contributed by atoms with Gasteiger partial charge >= 0.3 is 0 Å². The summed E-state index contributed by atoms with van der Waals surface area (Å²) in [5.74, 6) is 3.43. The van der Waals surface area contributed by atoms with Crippen molar-refractivity contribution < 1.29 is 19.1 Å². The molecule has 2 amide bonds. The highest BCUT2D eigenvalue weighted by Gasteiger charge is 2.16. The van der Waals surface area contributed by atoms with Crippen molar-refractivity contribution in [3.8, 4) is 17.2 Å². The van der Waals surface area contributed by atoms with E-state index in [1.165, 1.54) is 5.56 Å². The molecule has 1 N–H and O–H groups in total. The molecule has 7 nitrogen and oxygen atoms in total. The smallest absolute Gasteiger partial charge is 0.286 e. The molecule has 0 atom stereocenters. The number of hydrogen-bond donors (Lipinski definition) is 1. The van der Waals surface area contributed by atoms with Crippen LogP contribution in [0, 0.1) is 6.92 Å². The quantitative estimate of drug-likeness (QED) is 0.439. The number of nitrogens with zero attached hydrogens (tertiary/aromatic N) is 2. The number of amides is 2. The lowest BCUT2D eigenvalue weighted by molar-refractivity contribution is -0.117. The lowest BCUT2D eigenvalue weighted by atomic mass is 10.2. The summed E-state index contributed by atoms with van der Waals surface area (Å²) in [6.07, 6.45) is 0. The number of hydrogen-bond acceptors (Lipinski definition) is 6. The fourth-order valence-corrected chi connectivity index (χ4v) is 3.66. The number of carbonyl (C=O) groups is 2. The van der Waals surface area contributed by atoms with Gasteiger partial charge in [-0.05, 0) is 43.3 Å². The average Bonchev–Trinajstić information content (AvgIpc) is 3.35. The van der Waals surface area contributed by atoms with E-state index in [1.54, 1.807) is 0 Å². The lowest BCUT2D eigenvalue weighted by Gasteiger charge is -2.07. The van der Waals surface area contributed by atoms with Crippen molar-refractivity contribution in [2.24, 2.45) is 7.05 Å². The Hall–Kier alpha value is -3.78. The number of para-hydroxylation sites is 1. The number of thioether (sulfide) groups is 1. The van der Waals surface area contributed by atoms with Crippen LogP contribution >= 0.6 is 11.8 Å². The first-order valence-electron chi connectivity index (χ1n) is 10.3. The standard InChI is InChI=1S/C22H20N2O2.C3H3NO2S/c1-16-8-10-17(11-9-16)25-15-22-23-20-13-12-19(14-21(20)24(22)2)26-18-6-4-3-5-7-18;5-2-1-7-3(6)4-2/h3-14H,15H2,1-2H3;1H2,(H,4,5,6). The molecule has 1 aromatic heterocycles. The maximum absolute atomic E-state index is 10.1. The molecular weight excluding hydrogens is 438 g/mol. The third-order valence-corrected chi connectivity index (χ3v) is 5.66. The van der Waals surface area contributed by atoms with Gasteiger partial charge in [-0.2, -0.15) is 0 Å². The summed E-state index contributed by atoms with van der Waals surface area (Å²) in [6, 6.07) is 23.7. The van der Waals surface area contributed by atoms with E-state index in [9.17, 15) is 9.59 Å². The topological polar surface area (TPSA) is 82.5 Å². The van der Waals surface area contributed by atoms with Gasteiger partial charge in [0.2, 0.25) is 5.91 Å². The lowest BCUT2D eigenvalue weighted by Crippen LogP contribution is -2.18. The number of fused-ring (bicyclic) bond motifs is 1. The molecule has 5 rings (SSSR count). The van der Waals surface area contributed by atoms with Crippen LogP contribution < -0.4 is 14.8 Å². The Morgan fingerprint density at radius 3 is 2.33 bits per heavy atom. The van der Waals surface area contributed by atoms with E-state index >= 15 is 0 Å². The Balaban J connectivity index is 0.000000318. The van der Waals surface area contributed by atoms with Crippen molar-refractivity contribution in [1.29, 1.82) is 0 Å². The van der Waals surface area contributed by atoms with E-state index in [-0.39, 0.29) is 11.1 Å². The third-order valence-electron chi connectivity index (χ3n) is 4.89. The summed E-state index contributed by atoms with van der Waals surface area (Å²) in [5.41, 5.74) is 3.15. The molecule has 0 aliphatic carbocycles. The first-order chi connectivity index (χ1) is 16.0. The van der Waals surface area contributed by atoms with Crippen molar-refractivity contribution in [2.45, 2.75) is 13.5 Å². The Morgan fingerprint density at radius 1 is 0.970 bits per heavy atom. The Kier molecular flexibility index (Phi) is 6.95. The van der Waals surface area contributed by atoms with E-state index in [2.05, 4.69) is 17.2 Å². The molecule has 0 radical (unpaired) electrons. The number of imidazole rings is 1. The summed E-state index contributed by atoms with van der Waals surface area (Å²) in [4.78, 5) is 24.9. The molecule has 3 aromatic carbocycles. The van der Waals surface area contributed by atoms with Gasteiger partial charge in [0.25, 0.3) is 5.24 Å². The van der Waals surface area contributed by atoms with E-state index in [4.69, 9.17) is 9.47 Å². The molecule has 0 bridgehead atoms. The van der Waals surface area contributed by atoms with Gasteiger partial charge in [-0.15, -0.1) is 0 Å². The zero-order valence-corrected chi connectivity index (χ0v) is 19.1. The number of aryl methyl sites for hydroxylation is 2. The summed E-state index contributed by atoms with van der Waals surface area (Å²) < 4.78 is 13.8. The Labute approximate surface area is 195 Å². The molecule has 1 aliphatic heterocycles. The number of aromatic nitrogens is 2. The number of nitrogens with one attached hydrogen (secondary N) is 1. The summed E-state index contributed by atoms with van der Waals surface area (Å²) >= 11 is 1.01. The van der Waals surface area contributed by atoms with Gasteiger partial charge in [0, 0.05) is 13.1 Å². The molecule has 1 aliphatic rings. The highest BCUT2D eigenvalue weighted by molar-refractivity contribution is 8.14. The normalized spacial score (nSPS) is 12.8. The summed E-state index contributed by atoms with van der Waals surface area (Å²) in [6.45, 7) is 2.48. The van der Waals surface area contributed by atoms with Gasteiger partial charge in [0.1, 0.15) is 29.7 Å². The molecule has 8 heteroatoms. The molecule has 1 saturated heterocycles. The predicted octanol–water partition coefficient (Wildman–Crippen LogP) is 5.22. The molecule has 2 heterocycles. The second-order valence-corrected chi connectivity index (χ2v) is 8.33. The SMILES string of the molecule is Cc1ccc(OCc2nc3ccc(Oc4ccccc4)cc3n2C)cc1.O=C1CSC(=O)N1. The third kappa shape index (κ3) is 5.93. The Morgan fingerprint density at radius 2 is 1.70 bits per heavy atom. The van der Waals surface area contributed by atoms with Gasteiger partial charge in [-0.3, -0.25) is 14.9 Å². The maximum Gasteiger partial charge on any atom is 0.286 e. The first-order valence-corrected chi connectivity index (χ1v) is 11.3. The minimum atomic E-state index is -0.231. The molecular formula is C25H23N3O4S. The van der Waals surface area contributed by atoms with Gasteiger partial charge in [0.05, 0.1) is 16.8 Å².